The Morgan fingerprint density at radius 2 is 2.17 bits per heavy atom. The lowest BCUT2D eigenvalue weighted by molar-refractivity contribution is -0.147. The largest absolute Gasteiger partial charge is 0.467 e. The molecule has 1 heterocycles. The summed E-state index contributed by atoms with van der Waals surface area (Å²) in [5.41, 5.74) is -0.534. The number of nitrogens with zero attached hydrogens (tertiary/aromatic N) is 1. The van der Waals surface area contributed by atoms with Crippen LogP contribution in [-0.4, -0.2) is 29.1 Å². The summed E-state index contributed by atoms with van der Waals surface area (Å²) in [4.78, 5) is 23.8. The number of hydrogen-bond acceptors (Lipinski definition) is 3. The van der Waals surface area contributed by atoms with Crippen LogP contribution in [0.25, 0.3) is 0 Å². The zero-order chi connectivity index (χ0) is 13.9. The molecule has 0 saturated carbocycles. The number of carbonyl (C=O) groups is 2. The Bertz CT molecular complexity index is 470. The van der Waals surface area contributed by atoms with Gasteiger partial charge in [0.05, 0.1) is 7.11 Å². The first-order valence-electron chi connectivity index (χ1n) is 5.57. The third kappa shape index (κ3) is 2.93. The van der Waals surface area contributed by atoms with Gasteiger partial charge in [0.2, 0.25) is 0 Å². The van der Waals surface area contributed by atoms with Crippen molar-refractivity contribution in [3.8, 4) is 0 Å². The Morgan fingerprint density at radius 1 is 1.56 bits per heavy atom. The third-order valence-corrected chi connectivity index (χ3v) is 3.37. The molecular formula is C12H17BrN2O3. The average Bonchev–Trinajstić information content (AvgIpc) is 2.67. The first-order chi connectivity index (χ1) is 8.34. The Balaban J connectivity index is 2.93. The van der Waals surface area contributed by atoms with Crippen molar-refractivity contribution in [2.75, 3.05) is 7.11 Å². The number of halogens is 1. The van der Waals surface area contributed by atoms with E-state index in [0.717, 1.165) is 4.47 Å². The molecule has 0 aliphatic carbocycles. The van der Waals surface area contributed by atoms with E-state index in [1.165, 1.54) is 7.11 Å². The molecule has 1 amide bonds. The summed E-state index contributed by atoms with van der Waals surface area (Å²) in [6, 6.07) is 1.70. The summed E-state index contributed by atoms with van der Waals surface area (Å²) in [7, 11) is 3.07. The number of ether oxygens (including phenoxy) is 1. The van der Waals surface area contributed by atoms with Gasteiger partial charge in [-0.1, -0.05) is 6.92 Å². The number of rotatable bonds is 4. The van der Waals surface area contributed by atoms with Crippen LogP contribution in [0.2, 0.25) is 0 Å². The van der Waals surface area contributed by atoms with Crippen LogP contribution in [0.4, 0.5) is 0 Å². The maximum absolute atomic E-state index is 12.1. The van der Waals surface area contributed by atoms with Crippen molar-refractivity contribution in [2.45, 2.75) is 25.8 Å². The number of esters is 1. The maximum Gasteiger partial charge on any atom is 0.331 e. The highest BCUT2D eigenvalue weighted by Crippen LogP contribution is 2.16. The number of methoxy groups -OCH3 is 1. The van der Waals surface area contributed by atoms with Gasteiger partial charge in [0, 0.05) is 17.7 Å². The minimum atomic E-state index is -1.01. The fourth-order valence-corrected chi connectivity index (χ4v) is 2.10. The van der Waals surface area contributed by atoms with Crippen LogP contribution >= 0.6 is 15.9 Å². The lowest BCUT2D eigenvalue weighted by atomic mass is 9.99. The van der Waals surface area contributed by atoms with E-state index in [4.69, 9.17) is 4.74 Å². The van der Waals surface area contributed by atoms with Gasteiger partial charge < -0.3 is 14.6 Å². The van der Waals surface area contributed by atoms with E-state index in [-0.39, 0.29) is 5.91 Å². The van der Waals surface area contributed by atoms with Crippen molar-refractivity contribution in [2.24, 2.45) is 7.05 Å². The van der Waals surface area contributed by atoms with Crippen LogP contribution in [0.15, 0.2) is 16.7 Å². The molecule has 1 atom stereocenters. The SMILES string of the molecule is CC[C@@](C)(NC(=O)c1cc(Br)cn1C)C(=O)OC. The van der Waals surface area contributed by atoms with Gasteiger partial charge in [-0.25, -0.2) is 4.79 Å². The molecule has 0 fully saturated rings. The van der Waals surface area contributed by atoms with Crippen LogP contribution in [0, 0.1) is 0 Å². The Labute approximate surface area is 115 Å². The van der Waals surface area contributed by atoms with Gasteiger partial charge in [-0.2, -0.15) is 0 Å². The highest BCUT2D eigenvalue weighted by Gasteiger charge is 2.34. The van der Waals surface area contributed by atoms with Gasteiger partial charge in [0.15, 0.2) is 0 Å². The monoisotopic (exact) mass is 316 g/mol. The number of aromatic nitrogens is 1. The molecule has 5 nitrogen and oxygen atoms in total. The predicted molar refractivity (Wildman–Crippen MR) is 71.3 cm³/mol. The zero-order valence-corrected chi connectivity index (χ0v) is 12.5. The van der Waals surface area contributed by atoms with Crippen molar-refractivity contribution in [1.82, 2.24) is 9.88 Å². The smallest absolute Gasteiger partial charge is 0.331 e. The number of amides is 1. The minimum Gasteiger partial charge on any atom is -0.467 e. The molecule has 0 aliphatic heterocycles. The van der Waals surface area contributed by atoms with Crippen molar-refractivity contribution in [1.29, 1.82) is 0 Å². The van der Waals surface area contributed by atoms with Gasteiger partial charge in [0.1, 0.15) is 11.2 Å². The molecule has 0 radical (unpaired) electrons. The molecule has 0 spiro atoms. The lowest BCUT2D eigenvalue weighted by Gasteiger charge is -2.26. The standard InChI is InChI=1S/C12H17BrN2O3/c1-5-12(2,11(17)18-4)14-10(16)9-6-8(13)7-15(9)3/h6-7H,5H2,1-4H3,(H,14,16)/t12-/m1/s1. The maximum atomic E-state index is 12.1. The second-order valence-corrected chi connectivity index (χ2v) is 5.20. The van der Waals surface area contributed by atoms with Crippen LogP contribution in [-0.2, 0) is 16.6 Å². The quantitative estimate of drug-likeness (QED) is 0.862. The van der Waals surface area contributed by atoms with Crippen LogP contribution in [0.1, 0.15) is 30.8 Å². The molecule has 18 heavy (non-hydrogen) atoms. The topological polar surface area (TPSA) is 60.3 Å². The van der Waals surface area contributed by atoms with E-state index in [9.17, 15) is 9.59 Å². The Hall–Kier alpha value is -1.30. The molecule has 0 aromatic carbocycles. The third-order valence-electron chi connectivity index (χ3n) is 2.94. The van der Waals surface area contributed by atoms with E-state index in [1.807, 2.05) is 6.92 Å². The second-order valence-electron chi connectivity index (χ2n) is 4.29. The molecule has 0 bridgehead atoms. The van der Waals surface area contributed by atoms with Gasteiger partial charge >= 0.3 is 5.97 Å². The number of carbonyl (C=O) groups excluding carboxylic acids is 2. The molecular weight excluding hydrogens is 300 g/mol. The molecule has 0 saturated heterocycles. The molecule has 0 aliphatic rings. The van der Waals surface area contributed by atoms with E-state index in [1.54, 1.807) is 30.8 Å². The van der Waals surface area contributed by atoms with E-state index in [0.29, 0.717) is 12.1 Å². The number of aryl methyl sites for hydroxylation is 1. The molecule has 1 rings (SSSR count). The molecule has 6 heteroatoms. The fraction of sp³-hybridized carbons (Fsp3) is 0.500. The first kappa shape index (κ1) is 14.8. The number of nitrogens with one attached hydrogen (secondary N) is 1. The van der Waals surface area contributed by atoms with Crippen LogP contribution in [0.5, 0.6) is 0 Å². The van der Waals surface area contributed by atoms with Crippen LogP contribution < -0.4 is 5.32 Å². The normalized spacial score (nSPS) is 13.8. The summed E-state index contributed by atoms with van der Waals surface area (Å²) in [6.45, 7) is 3.47. The van der Waals surface area contributed by atoms with E-state index in [2.05, 4.69) is 21.2 Å². The molecule has 1 N–H and O–H groups in total. The summed E-state index contributed by atoms with van der Waals surface area (Å²) >= 11 is 3.30. The molecule has 100 valence electrons. The van der Waals surface area contributed by atoms with Crippen LogP contribution in [0.3, 0.4) is 0 Å². The van der Waals surface area contributed by atoms with E-state index < -0.39 is 11.5 Å². The van der Waals surface area contributed by atoms with Gasteiger partial charge in [-0.15, -0.1) is 0 Å². The Morgan fingerprint density at radius 3 is 2.56 bits per heavy atom. The molecule has 1 aromatic heterocycles. The van der Waals surface area contributed by atoms with E-state index >= 15 is 0 Å². The highest BCUT2D eigenvalue weighted by molar-refractivity contribution is 9.10. The number of hydrogen-bond donors (Lipinski definition) is 1. The molecule has 1 aromatic rings. The van der Waals surface area contributed by atoms with Crippen molar-refractivity contribution < 1.29 is 14.3 Å². The molecule has 0 unspecified atom stereocenters. The summed E-state index contributed by atoms with van der Waals surface area (Å²) in [6.07, 6.45) is 2.23. The van der Waals surface area contributed by atoms with Gasteiger partial charge in [0.25, 0.3) is 5.91 Å². The van der Waals surface area contributed by atoms with Crippen molar-refractivity contribution in [3.63, 3.8) is 0 Å². The van der Waals surface area contributed by atoms with Crippen molar-refractivity contribution >= 4 is 27.8 Å². The average molecular weight is 317 g/mol. The summed E-state index contributed by atoms with van der Waals surface area (Å²) in [5.74, 6) is -0.760. The summed E-state index contributed by atoms with van der Waals surface area (Å²) < 4.78 is 7.21. The first-order valence-corrected chi connectivity index (χ1v) is 6.36. The minimum absolute atomic E-state index is 0.307. The lowest BCUT2D eigenvalue weighted by Crippen LogP contribution is -2.52. The highest BCUT2D eigenvalue weighted by atomic mass is 79.9. The second kappa shape index (κ2) is 5.56. The predicted octanol–water partition coefficient (Wildman–Crippen LogP) is 1.86. The fourth-order valence-electron chi connectivity index (χ4n) is 1.57. The Kier molecular flexibility index (Phi) is 4.56. The van der Waals surface area contributed by atoms with Gasteiger partial charge in [-0.3, -0.25) is 4.79 Å². The summed E-state index contributed by atoms with van der Waals surface area (Å²) in [5, 5.41) is 2.71. The van der Waals surface area contributed by atoms with Crippen molar-refractivity contribution in [3.05, 3.63) is 22.4 Å². The van der Waals surface area contributed by atoms with Gasteiger partial charge in [-0.05, 0) is 35.3 Å². The zero-order valence-electron chi connectivity index (χ0n) is 10.9.